The van der Waals surface area contributed by atoms with E-state index in [1.807, 2.05) is 12.1 Å². The number of methoxy groups -OCH3 is 1. The number of rotatable bonds is 8. The van der Waals surface area contributed by atoms with Crippen LogP contribution in [0.1, 0.15) is 5.56 Å². The van der Waals surface area contributed by atoms with Crippen LogP contribution in [0.2, 0.25) is 0 Å². The minimum atomic E-state index is -3.82. The second-order valence-corrected chi connectivity index (χ2v) is 8.94. The maximum Gasteiger partial charge on any atom is 0.387 e. The van der Waals surface area contributed by atoms with Crippen molar-refractivity contribution in [3.05, 3.63) is 60.2 Å². The van der Waals surface area contributed by atoms with Gasteiger partial charge in [0.15, 0.2) is 11.5 Å². The fraction of sp³-hybridized carbons (Fsp3) is 0.227. The molecule has 7 nitrogen and oxygen atoms in total. The van der Waals surface area contributed by atoms with Crippen LogP contribution in [0.5, 0.6) is 11.5 Å². The number of nitrogens with one attached hydrogen (secondary N) is 1. The number of ether oxygens (including phenoxy) is 2. The summed E-state index contributed by atoms with van der Waals surface area (Å²) in [6.45, 7) is -3.17. The number of amides is 1. The second-order valence-electron chi connectivity index (χ2n) is 7.11. The van der Waals surface area contributed by atoms with Gasteiger partial charge in [-0.25, -0.2) is 8.42 Å². The van der Waals surface area contributed by atoms with Crippen molar-refractivity contribution in [2.24, 2.45) is 0 Å². The van der Waals surface area contributed by atoms with Crippen LogP contribution < -0.4 is 19.1 Å². The molecule has 0 aliphatic carbocycles. The van der Waals surface area contributed by atoms with Gasteiger partial charge in [0, 0.05) is 11.9 Å². The topological polar surface area (TPSA) is 84.9 Å². The highest BCUT2D eigenvalue weighted by Crippen LogP contribution is 2.41. The normalized spacial score (nSPS) is 14.1. The van der Waals surface area contributed by atoms with Gasteiger partial charge in [-0.15, -0.1) is 0 Å². The van der Waals surface area contributed by atoms with Gasteiger partial charge in [0.05, 0.1) is 17.7 Å². The highest BCUT2D eigenvalue weighted by Gasteiger charge is 2.36. The van der Waals surface area contributed by atoms with Crippen LogP contribution in [0.15, 0.2) is 59.5 Å². The summed E-state index contributed by atoms with van der Waals surface area (Å²) in [5.41, 5.74) is 1.12. The van der Waals surface area contributed by atoms with E-state index in [1.165, 1.54) is 25.3 Å². The Balaban J connectivity index is 1.42. The van der Waals surface area contributed by atoms with E-state index in [0.717, 1.165) is 9.69 Å². The van der Waals surface area contributed by atoms with Crippen LogP contribution in [-0.2, 0) is 21.2 Å². The van der Waals surface area contributed by atoms with Crippen LogP contribution in [0.25, 0.3) is 10.8 Å². The van der Waals surface area contributed by atoms with Crippen molar-refractivity contribution < 1.29 is 31.5 Å². The van der Waals surface area contributed by atoms with Crippen LogP contribution in [-0.4, -0.2) is 41.1 Å². The number of sulfonamides is 1. The highest BCUT2D eigenvalue weighted by molar-refractivity contribution is 7.93. The third-order valence-electron chi connectivity index (χ3n) is 5.15. The molecule has 1 aliphatic heterocycles. The van der Waals surface area contributed by atoms with E-state index in [-0.39, 0.29) is 29.5 Å². The molecule has 3 aromatic carbocycles. The Bertz CT molecular complexity index is 1280. The number of halogens is 2. The molecule has 0 bridgehead atoms. The molecular formula is C22H20F2N2O5S. The number of nitrogens with zero attached hydrogens (tertiary/aromatic N) is 1. The Morgan fingerprint density at radius 1 is 1.09 bits per heavy atom. The Labute approximate surface area is 183 Å². The number of anilines is 1. The monoisotopic (exact) mass is 462 g/mol. The lowest BCUT2D eigenvalue weighted by molar-refractivity contribution is -0.119. The quantitative estimate of drug-likeness (QED) is 0.555. The average molecular weight is 462 g/mol. The molecule has 0 unspecified atom stereocenters. The van der Waals surface area contributed by atoms with Crippen molar-refractivity contribution in [2.75, 3.05) is 24.5 Å². The molecule has 10 heteroatoms. The van der Waals surface area contributed by atoms with Crippen molar-refractivity contribution in [3.63, 3.8) is 0 Å². The molecular weight excluding hydrogens is 442 g/mol. The maximum atomic E-state index is 12.9. The smallest absolute Gasteiger partial charge is 0.387 e. The zero-order valence-corrected chi connectivity index (χ0v) is 17.9. The summed E-state index contributed by atoms with van der Waals surface area (Å²) in [6, 6.07) is 14.9. The summed E-state index contributed by atoms with van der Waals surface area (Å²) in [5.74, 6) is -0.401. The molecule has 1 heterocycles. The van der Waals surface area contributed by atoms with Crippen molar-refractivity contribution in [1.29, 1.82) is 0 Å². The molecule has 4 rings (SSSR count). The highest BCUT2D eigenvalue weighted by atomic mass is 32.2. The molecule has 0 spiro atoms. The van der Waals surface area contributed by atoms with E-state index < -0.39 is 22.5 Å². The number of hydrogen-bond donors (Lipinski definition) is 1. The standard InChI is InChI=1S/C22H20F2N2O5S/c1-30-17-9-8-14(12-18(17)31-22(23)24)10-11-25-20(27)13-26-16-6-2-4-15-5-3-7-19(21(15)16)32(26,28)29/h2-9,12,22H,10-11,13H2,1H3,(H,25,27). The van der Waals surface area contributed by atoms with Gasteiger partial charge in [-0.3, -0.25) is 9.10 Å². The lowest BCUT2D eigenvalue weighted by atomic mass is 10.1. The fourth-order valence-electron chi connectivity index (χ4n) is 3.73. The molecule has 0 saturated carbocycles. The number of hydrogen-bond acceptors (Lipinski definition) is 5. The minimum absolute atomic E-state index is 0.0969. The lowest BCUT2D eigenvalue weighted by Gasteiger charge is -2.18. The SMILES string of the molecule is COc1ccc(CCNC(=O)CN2c3cccc4cccc(c34)S2(=O)=O)cc1OC(F)F. The van der Waals surface area contributed by atoms with Crippen molar-refractivity contribution in [2.45, 2.75) is 17.9 Å². The number of carbonyl (C=O) groups is 1. The first-order valence-electron chi connectivity index (χ1n) is 9.74. The molecule has 1 N–H and O–H groups in total. The Morgan fingerprint density at radius 2 is 1.84 bits per heavy atom. The molecule has 0 saturated heterocycles. The van der Waals surface area contributed by atoms with Crippen LogP contribution in [0.3, 0.4) is 0 Å². The molecule has 0 radical (unpaired) electrons. The van der Waals surface area contributed by atoms with Gasteiger partial charge in [0.1, 0.15) is 6.54 Å². The van der Waals surface area contributed by atoms with Crippen LogP contribution in [0, 0.1) is 0 Å². The molecule has 168 valence electrons. The number of alkyl halides is 2. The minimum Gasteiger partial charge on any atom is -0.493 e. The summed E-state index contributed by atoms with van der Waals surface area (Å²) < 4.78 is 61.6. The number of carbonyl (C=O) groups excluding carboxylic acids is 1. The zero-order valence-electron chi connectivity index (χ0n) is 17.0. The lowest BCUT2D eigenvalue weighted by Crippen LogP contribution is -2.39. The summed E-state index contributed by atoms with van der Waals surface area (Å²) in [5, 5.41) is 4.07. The van der Waals surface area contributed by atoms with Crippen LogP contribution in [0.4, 0.5) is 14.5 Å². The van der Waals surface area contributed by atoms with Crippen molar-refractivity contribution in [1.82, 2.24) is 5.32 Å². The predicted octanol–water partition coefficient (Wildman–Crippen LogP) is 3.32. The summed E-state index contributed by atoms with van der Waals surface area (Å²) >= 11 is 0. The van der Waals surface area contributed by atoms with Gasteiger partial charge >= 0.3 is 6.61 Å². The van der Waals surface area contributed by atoms with Gasteiger partial charge in [-0.1, -0.05) is 30.3 Å². The zero-order chi connectivity index (χ0) is 22.9. The van der Waals surface area contributed by atoms with Gasteiger partial charge in [-0.05, 0) is 41.6 Å². The molecule has 0 fully saturated rings. The molecule has 0 atom stereocenters. The van der Waals surface area contributed by atoms with E-state index in [2.05, 4.69) is 10.1 Å². The second kappa shape index (κ2) is 8.62. The van der Waals surface area contributed by atoms with Crippen molar-refractivity contribution >= 4 is 32.4 Å². The third kappa shape index (κ3) is 4.05. The summed E-state index contributed by atoms with van der Waals surface area (Å²) in [6.07, 6.45) is 0.331. The van der Waals surface area contributed by atoms with E-state index in [1.54, 1.807) is 24.3 Å². The third-order valence-corrected chi connectivity index (χ3v) is 6.95. The molecule has 1 amide bonds. The van der Waals surface area contributed by atoms with Crippen LogP contribution >= 0.6 is 0 Å². The summed E-state index contributed by atoms with van der Waals surface area (Å²) in [7, 11) is -2.48. The average Bonchev–Trinajstić information content (AvgIpc) is 2.97. The Hall–Kier alpha value is -3.40. The predicted molar refractivity (Wildman–Crippen MR) is 115 cm³/mol. The maximum absolute atomic E-state index is 12.9. The van der Waals surface area contributed by atoms with Gasteiger partial charge < -0.3 is 14.8 Å². The Kier molecular flexibility index (Phi) is 5.88. The van der Waals surface area contributed by atoms with Crippen molar-refractivity contribution in [3.8, 4) is 11.5 Å². The van der Waals surface area contributed by atoms with Gasteiger partial charge in [-0.2, -0.15) is 8.78 Å². The fourth-order valence-corrected chi connectivity index (χ4v) is 5.39. The Morgan fingerprint density at radius 3 is 2.56 bits per heavy atom. The van der Waals surface area contributed by atoms with E-state index >= 15 is 0 Å². The largest absolute Gasteiger partial charge is 0.493 e. The van der Waals surface area contributed by atoms with E-state index in [0.29, 0.717) is 23.1 Å². The first-order chi connectivity index (χ1) is 15.3. The molecule has 1 aliphatic rings. The molecule has 3 aromatic rings. The first-order valence-corrected chi connectivity index (χ1v) is 11.2. The van der Waals surface area contributed by atoms with Gasteiger partial charge in [0.2, 0.25) is 5.91 Å². The molecule has 32 heavy (non-hydrogen) atoms. The summed E-state index contributed by atoms with van der Waals surface area (Å²) in [4.78, 5) is 12.7. The van der Waals surface area contributed by atoms with E-state index in [9.17, 15) is 22.0 Å². The number of benzene rings is 3. The van der Waals surface area contributed by atoms with E-state index in [4.69, 9.17) is 4.74 Å². The van der Waals surface area contributed by atoms with Gasteiger partial charge in [0.25, 0.3) is 10.0 Å². The first kappa shape index (κ1) is 21.8. The molecule has 0 aromatic heterocycles.